The van der Waals surface area contributed by atoms with Crippen LogP contribution in [0.5, 0.6) is 0 Å². The molecule has 0 spiro atoms. The van der Waals surface area contributed by atoms with Crippen molar-refractivity contribution in [3.05, 3.63) is 11.7 Å². The monoisotopic (exact) mass is 415 g/mol. The Morgan fingerprint density at radius 2 is 1.42 bits per heavy atom. The third kappa shape index (κ3) is 6.99. The van der Waals surface area contributed by atoms with E-state index in [0.717, 1.165) is 0 Å². The number of aromatic nitrogens is 1. The van der Waals surface area contributed by atoms with Crippen molar-refractivity contribution in [2.45, 2.75) is 72.6 Å². The Hall–Kier alpha value is 1.69. The van der Waals surface area contributed by atoms with Crippen molar-refractivity contribution in [1.29, 1.82) is 0 Å². The van der Waals surface area contributed by atoms with Crippen molar-refractivity contribution in [3.63, 3.8) is 0 Å². The molecule has 1 nitrogen and oxygen atoms in total. The number of nitrogens with zero attached hydrogens (tertiary/aromatic N) is 1. The van der Waals surface area contributed by atoms with Crippen molar-refractivity contribution >= 4 is 32.6 Å². The maximum atomic E-state index is 4.38. The molecule has 4 heteroatoms. The van der Waals surface area contributed by atoms with Gasteiger partial charge in [-0.15, -0.1) is 0 Å². The zero-order valence-corrected chi connectivity index (χ0v) is 17.1. The van der Waals surface area contributed by atoms with Crippen LogP contribution in [0.1, 0.15) is 59.3 Å². The van der Waals surface area contributed by atoms with Crippen LogP contribution in [0.3, 0.4) is 0 Å². The van der Waals surface area contributed by atoms with E-state index in [4.69, 9.17) is 0 Å². The molecule has 0 unspecified atom stereocenters. The molecule has 0 atom stereocenters. The minimum absolute atomic E-state index is 0. The predicted molar refractivity (Wildman–Crippen MR) is 86.6 cm³/mol. The fraction of sp³-hybridized carbons (Fsp3) is 0.800. The van der Waals surface area contributed by atoms with Gasteiger partial charge in [0.1, 0.15) is 0 Å². The number of thiazole rings is 1. The Morgan fingerprint density at radius 1 is 0.947 bits per heavy atom. The van der Waals surface area contributed by atoms with Crippen LogP contribution in [0, 0.1) is 37.7 Å². The Morgan fingerprint density at radius 3 is 1.74 bits per heavy atom. The van der Waals surface area contributed by atoms with Gasteiger partial charge >= 0.3 is 122 Å². The molecule has 0 aromatic carbocycles. The summed E-state index contributed by atoms with van der Waals surface area (Å²) in [5.41, 5.74) is 2.06. The van der Waals surface area contributed by atoms with Gasteiger partial charge < -0.3 is 0 Å². The molecule has 1 aromatic rings. The second kappa shape index (κ2) is 12.3. The van der Waals surface area contributed by atoms with Gasteiger partial charge in [-0.3, -0.25) is 0 Å². The maximum Gasteiger partial charge on any atom is 0 e. The summed E-state index contributed by atoms with van der Waals surface area (Å²) in [5, 5.41) is 0. The quantitative estimate of drug-likeness (QED) is 0.480. The van der Waals surface area contributed by atoms with E-state index >= 15 is 0 Å². The minimum atomic E-state index is -2.08. The Bertz CT molecular complexity index is 281. The first-order valence-corrected chi connectivity index (χ1v) is 16.0. The molecule has 0 bridgehead atoms. The molecular formula is C15H29ArNSSn. The molecule has 112 valence electrons. The van der Waals surface area contributed by atoms with Crippen LogP contribution in [0.25, 0.3) is 0 Å². The summed E-state index contributed by atoms with van der Waals surface area (Å²) >= 11 is -0.113. The molecule has 0 aliphatic heterocycles. The number of rotatable bonds is 10. The summed E-state index contributed by atoms with van der Waals surface area (Å²) < 4.78 is 6.44. The van der Waals surface area contributed by atoms with Crippen molar-refractivity contribution in [1.82, 2.24) is 4.98 Å². The molecular weight excluding hydrogens is 385 g/mol. The van der Waals surface area contributed by atoms with E-state index in [1.807, 2.05) is 11.3 Å². The number of hydrogen-bond acceptors (Lipinski definition) is 2. The molecule has 1 aromatic heterocycles. The third-order valence-electron chi connectivity index (χ3n) is 3.98. The molecule has 0 N–H and O–H groups in total. The van der Waals surface area contributed by atoms with Gasteiger partial charge in [0.05, 0.1) is 0 Å². The average molecular weight is 414 g/mol. The van der Waals surface area contributed by atoms with Gasteiger partial charge in [-0.25, -0.2) is 0 Å². The van der Waals surface area contributed by atoms with E-state index < -0.39 is 18.4 Å². The minimum Gasteiger partial charge on any atom is 0 e. The van der Waals surface area contributed by atoms with E-state index in [2.05, 4.69) is 37.5 Å². The summed E-state index contributed by atoms with van der Waals surface area (Å²) in [5.74, 6) is 0. The molecule has 0 fully saturated rings. The zero-order chi connectivity index (χ0) is 13.3. The first-order chi connectivity index (χ1) is 8.79. The zero-order valence-electron chi connectivity index (χ0n) is 12.7. The Kier molecular flexibility index (Phi) is 13.3. The van der Waals surface area contributed by atoms with Crippen LogP contribution >= 0.6 is 11.3 Å². The van der Waals surface area contributed by atoms with E-state index in [9.17, 15) is 0 Å². The van der Waals surface area contributed by atoms with Crippen molar-refractivity contribution in [2.24, 2.45) is 0 Å². The van der Waals surface area contributed by atoms with Gasteiger partial charge in [-0.2, -0.15) is 0 Å². The van der Waals surface area contributed by atoms with Gasteiger partial charge in [-0.05, 0) is 0 Å². The second-order valence-corrected chi connectivity index (χ2v) is 20.5. The molecule has 1 rings (SSSR count). The molecule has 0 amide bonds. The first-order valence-electron chi connectivity index (χ1n) is 7.68. The Balaban J connectivity index is 0.00000324. The molecule has 1 heterocycles. The third-order valence-corrected chi connectivity index (χ3v) is 23.1. The molecule has 19 heavy (non-hydrogen) atoms. The van der Waals surface area contributed by atoms with Gasteiger partial charge in [0.15, 0.2) is 0 Å². The summed E-state index contributed by atoms with van der Waals surface area (Å²) in [6.07, 6.45) is 10.6. The van der Waals surface area contributed by atoms with Gasteiger partial charge in [-0.1, -0.05) is 0 Å². The fourth-order valence-corrected chi connectivity index (χ4v) is 22.1. The summed E-state index contributed by atoms with van der Waals surface area (Å²) in [6, 6.07) is 0. The molecule has 0 aliphatic rings. The Labute approximate surface area is 157 Å². The van der Waals surface area contributed by atoms with Gasteiger partial charge in [0.25, 0.3) is 0 Å². The van der Waals surface area contributed by atoms with Crippen LogP contribution in [0.2, 0.25) is 13.3 Å². The molecule has 0 radical (unpaired) electrons. The molecule has 0 saturated carbocycles. The maximum absolute atomic E-state index is 4.38. The summed E-state index contributed by atoms with van der Waals surface area (Å²) in [7, 11) is 0. The van der Waals surface area contributed by atoms with E-state index in [1.54, 1.807) is 16.2 Å². The summed E-state index contributed by atoms with van der Waals surface area (Å²) in [6.45, 7) is 7.01. The van der Waals surface area contributed by atoms with Crippen LogP contribution in [-0.2, 0) is 0 Å². The van der Waals surface area contributed by atoms with E-state index in [1.165, 1.54) is 38.5 Å². The fourth-order valence-electron chi connectivity index (χ4n) is 2.77. The number of unbranched alkanes of at least 4 members (excludes halogenated alkanes) is 3. The first kappa shape index (κ1) is 20.7. The standard InChI is InChI=1S/3C4H9.C3H2NS.Ar.Sn/c3*1-3-4-2;1-2-5-3-4-1;;/h3*1,3-4H2,2H3;1,3H;;. The van der Waals surface area contributed by atoms with Crippen molar-refractivity contribution in [3.8, 4) is 0 Å². The topological polar surface area (TPSA) is 12.9 Å². The van der Waals surface area contributed by atoms with Gasteiger partial charge in [0, 0.05) is 37.7 Å². The van der Waals surface area contributed by atoms with E-state index in [0.29, 0.717) is 0 Å². The smallest absolute Gasteiger partial charge is 0 e. The van der Waals surface area contributed by atoms with Crippen molar-refractivity contribution in [2.75, 3.05) is 0 Å². The van der Waals surface area contributed by atoms with Crippen molar-refractivity contribution < 1.29 is 37.7 Å². The van der Waals surface area contributed by atoms with E-state index in [-0.39, 0.29) is 37.7 Å². The van der Waals surface area contributed by atoms with Crippen LogP contribution in [0.15, 0.2) is 11.7 Å². The van der Waals surface area contributed by atoms with Crippen LogP contribution < -0.4 is 2.89 Å². The second-order valence-electron chi connectivity index (χ2n) is 5.46. The summed E-state index contributed by atoms with van der Waals surface area (Å²) in [4.78, 5) is 4.38. The molecule has 0 aliphatic carbocycles. The van der Waals surface area contributed by atoms with Crippen LogP contribution in [-0.4, -0.2) is 23.4 Å². The largest absolute Gasteiger partial charge is 0 e. The predicted octanol–water partition coefficient (Wildman–Crippen LogP) is 5.20. The van der Waals surface area contributed by atoms with Gasteiger partial charge in [0.2, 0.25) is 0 Å². The average Bonchev–Trinajstić information content (AvgIpc) is 2.93. The van der Waals surface area contributed by atoms with Crippen LogP contribution in [0.4, 0.5) is 0 Å². The molecule has 0 saturated heterocycles. The number of hydrogen-bond donors (Lipinski definition) is 0. The normalized spacial score (nSPS) is 11.3. The SMILES string of the molecule is CCC[CH2][Sn]([CH2]CCC)([CH2]CCC)[c]1cncs1.[Ar].